The Kier molecular flexibility index (Phi) is 6.03. The number of aromatic amines is 1. The number of anilines is 1. The van der Waals surface area contributed by atoms with Crippen molar-refractivity contribution < 1.29 is 4.79 Å². The number of hydrogen-bond acceptors (Lipinski definition) is 4. The highest BCUT2D eigenvalue weighted by molar-refractivity contribution is 7.10. The van der Waals surface area contributed by atoms with E-state index in [0.29, 0.717) is 0 Å². The highest BCUT2D eigenvalue weighted by Gasteiger charge is 2.19. The number of nitrogens with one attached hydrogen (secondary N) is 1. The summed E-state index contributed by atoms with van der Waals surface area (Å²) in [6, 6.07) is 7.88. The maximum atomic E-state index is 11.9. The first-order valence-corrected chi connectivity index (χ1v) is 8.89. The Hall–Kier alpha value is -2.11. The van der Waals surface area contributed by atoms with Gasteiger partial charge in [0.05, 0.1) is 16.4 Å². The summed E-state index contributed by atoms with van der Waals surface area (Å²) in [5, 5.41) is 3.11. The second kappa shape index (κ2) is 7.85. The van der Waals surface area contributed by atoms with E-state index in [1.54, 1.807) is 18.3 Å². The van der Waals surface area contributed by atoms with Crippen molar-refractivity contribution in [2.24, 2.45) is 0 Å². The molecule has 0 saturated carbocycles. The molecule has 4 nitrogen and oxygen atoms in total. The number of nitrogens with two attached hydrogens (primary N) is 1. The van der Waals surface area contributed by atoms with Crippen molar-refractivity contribution in [1.82, 2.24) is 9.97 Å². The van der Waals surface area contributed by atoms with Crippen molar-refractivity contribution in [3.8, 4) is 11.4 Å². The summed E-state index contributed by atoms with van der Waals surface area (Å²) >= 11 is 1.64. The number of carbonyl (C=O) groups is 1. The van der Waals surface area contributed by atoms with Gasteiger partial charge in [-0.25, -0.2) is 4.98 Å². The van der Waals surface area contributed by atoms with Crippen molar-refractivity contribution in [1.29, 1.82) is 0 Å². The molecule has 3 rings (SSSR count). The van der Waals surface area contributed by atoms with Crippen LogP contribution < -0.4 is 5.73 Å². The van der Waals surface area contributed by atoms with Gasteiger partial charge in [0.1, 0.15) is 0 Å². The van der Waals surface area contributed by atoms with E-state index in [1.807, 2.05) is 31.2 Å². The second-order valence-electron chi connectivity index (χ2n) is 5.93. The van der Waals surface area contributed by atoms with Gasteiger partial charge < -0.3 is 10.7 Å². The van der Waals surface area contributed by atoms with E-state index in [4.69, 9.17) is 10.7 Å². The lowest BCUT2D eigenvalue weighted by Gasteiger charge is -2.01. The molecule has 0 spiro atoms. The number of halogens is 1. The van der Waals surface area contributed by atoms with Gasteiger partial charge in [-0.3, -0.25) is 4.79 Å². The SMILES string of the molecule is CCc1c(-c2csc(Cc3ccc(N)cc3)n2)[nH]c(C)c1C(C)=O.Cl. The zero-order chi connectivity index (χ0) is 17.3. The largest absolute Gasteiger partial charge is 0.399 e. The molecule has 0 atom stereocenters. The number of carbonyl (C=O) groups excluding carboxylic acids is 1. The molecule has 132 valence electrons. The maximum absolute atomic E-state index is 11.9. The van der Waals surface area contributed by atoms with Crippen molar-refractivity contribution in [3.05, 3.63) is 57.0 Å². The number of aromatic nitrogens is 2. The molecular weight excluding hydrogens is 354 g/mol. The molecule has 0 saturated heterocycles. The van der Waals surface area contributed by atoms with Crippen LogP contribution in [0.15, 0.2) is 29.6 Å². The Labute approximate surface area is 157 Å². The van der Waals surface area contributed by atoms with Crippen LogP contribution in [0.1, 0.15) is 46.0 Å². The van der Waals surface area contributed by atoms with Crippen LogP contribution >= 0.6 is 23.7 Å². The van der Waals surface area contributed by atoms with E-state index in [1.165, 1.54) is 5.56 Å². The molecule has 0 radical (unpaired) electrons. The van der Waals surface area contributed by atoms with Gasteiger partial charge in [0.2, 0.25) is 0 Å². The number of rotatable bonds is 5. The van der Waals surface area contributed by atoms with Gasteiger partial charge in [-0.05, 0) is 43.5 Å². The van der Waals surface area contributed by atoms with E-state index in [-0.39, 0.29) is 18.2 Å². The lowest BCUT2D eigenvalue weighted by molar-refractivity contribution is 0.101. The van der Waals surface area contributed by atoms with E-state index in [9.17, 15) is 4.79 Å². The molecule has 3 aromatic rings. The molecule has 0 unspecified atom stereocenters. The predicted molar refractivity (Wildman–Crippen MR) is 107 cm³/mol. The standard InChI is InChI=1S/C19H21N3OS.ClH/c1-4-15-18(12(3)23)11(2)21-19(15)16-10-24-17(22-16)9-13-5-7-14(20)8-6-13;/h5-8,10,21H,4,9,20H2,1-3H3;1H. The molecule has 25 heavy (non-hydrogen) atoms. The predicted octanol–water partition coefficient (Wildman–Crippen LogP) is 4.81. The monoisotopic (exact) mass is 375 g/mol. The Morgan fingerprint density at radius 1 is 1.28 bits per heavy atom. The zero-order valence-electron chi connectivity index (χ0n) is 14.6. The van der Waals surface area contributed by atoms with Crippen molar-refractivity contribution in [3.63, 3.8) is 0 Å². The van der Waals surface area contributed by atoms with Crippen LogP contribution in [0.5, 0.6) is 0 Å². The zero-order valence-corrected chi connectivity index (χ0v) is 16.2. The third-order valence-corrected chi connectivity index (χ3v) is 4.99. The number of benzene rings is 1. The molecule has 0 aliphatic carbocycles. The minimum absolute atomic E-state index is 0. The summed E-state index contributed by atoms with van der Waals surface area (Å²) < 4.78 is 0. The van der Waals surface area contributed by atoms with Gasteiger partial charge in [0.25, 0.3) is 0 Å². The molecule has 0 fully saturated rings. The lowest BCUT2D eigenvalue weighted by atomic mass is 10.0. The van der Waals surface area contributed by atoms with Gasteiger partial charge in [-0.2, -0.15) is 0 Å². The van der Waals surface area contributed by atoms with Gasteiger partial charge in [0.15, 0.2) is 5.78 Å². The Morgan fingerprint density at radius 2 is 1.96 bits per heavy atom. The fourth-order valence-corrected chi connectivity index (χ4v) is 3.86. The normalized spacial score (nSPS) is 10.5. The van der Waals surface area contributed by atoms with Crippen LogP contribution in [-0.2, 0) is 12.8 Å². The first kappa shape index (κ1) is 19.2. The minimum Gasteiger partial charge on any atom is -0.399 e. The fourth-order valence-electron chi connectivity index (χ4n) is 3.04. The van der Waals surface area contributed by atoms with Gasteiger partial charge >= 0.3 is 0 Å². The van der Waals surface area contributed by atoms with Crippen LogP contribution in [0.3, 0.4) is 0 Å². The molecule has 0 bridgehead atoms. The maximum Gasteiger partial charge on any atom is 0.161 e. The quantitative estimate of drug-likeness (QED) is 0.496. The van der Waals surface area contributed by atoms with Gasteiger partial charge in [0, 0.05) is 28.7 Å². The third kappa shape index (κ3) is 3.94. The number of Topliss-reactive ketones (excluding diaryl/α,β-unsaturated/α-hetero) is 1. The smallest absolute Gasteiger partial charge is 0.161 e. The van der Waals surface area contributed by atoms with Crippen LogP contribution in [0.2, 0.25) is 0 Å². The summed E-state index contributed by atoms with van der Waals surface area (Å²) in [4.78, 5) is 20.0. The van der Waals surface area contributed by atoms with Crippen LogP contribution in [-0.4, -0.2) is 15.8 Å². The highest BCUT2D eigenvalue weighted by Crippen LogP contribution is 2.30. The first-order valence-electron chi connectivity index (χ1n) is 8.01. The summed E-state index contributed by atoms with van der Waals surface area (Å²) in [6.07, 6.45) is 1.59. The molecule has 2 heterocycles. The molecule has 0 amide bonds. The van der Waals surface area contributed by atoms with Crippen LogP contribution in [0.4, 0.5) is 5.69 Å². The van der Waals surface area contributed by atoms with E-state index in [0.717, 1.165) is 51.7 Å². The molecule has 0 aliphatic rings. The number of aryl methyl sites for hydroxylation is 1. The average Bonchev–Trinajstić information content (AvgIpc) is 3.13. The topological polar surface area (TPSA) is 71.8 Å². The van der Waals surface area contributed by atoms with Crippen LogP contribution in [0, 0.1) is 6.92 Å². The van der Waals surface area contributed by atoms with E-state index < -0.39 is 0 Å². The number of hydrogen-bond donors (Lipinski definition) is 2. The van der Waals surface area contributed by atoms with Gasteiger partial charge in [-0.15, -0.1) is 23.7 Å². The Morgan fingerprint density at radius 3 is 2.56 bits per heavy atom. The number of nitrogen functional groups attached to an aromatic ring is 1. The third-order valence-electron chi connectivity index (χ3n) is 4.14. The van der Waals surface area contributed by atoms with E-state index >= 15 is 0 Å². The molecule has 6 heteroatoms. The number of nitrogens with zero attached hydrogens (tertiary/aromatic N) is 1. The van der Waals surface area contributed by atoms with Gasteiger partial charge in [-0.1, -0.05) is 19.1 Å². The van der Waals surface area contributed by atoms with Crippen molar-refractivity contribution >= 4 is 35.2 Å². The second-order valence-corrected chi connectivity index (χ2v) is 6.88. The summed E-state index contributed by atoms with van der Waals surface area (Å²) in [7, 11) is 0. The minimum atomic E-state index is 0. The number of ketones is 1. The Balaban J connectivity index is 0.00000225. The number of H-pyrrole nitrogens is 1. The van der Waals surface area contributed by atoms with Crippen molar-refractivity contribution in [2.75, 3.05) is 5.73 Å². The highest BCUT2D eigenvalue weighted by atomic mass is 35.5. The Bertz CT molecular complexity index is 881. The molecule has 2 aromatic heterocycles. The summed E-state index contributed by atoms with van der Waals surface area (Å²) in [5.74, 6) is 0.101. The molecule has 3 N–H and O–H groups in total. The lowest BCUT2D eigenvalue weighted by Crippen LogP contribution is -1.97. The average molecular weight is 376 g/mol. The van der Waals surface area contributed by atoms with Crippen LogP contribution in [0.25, 0.3) is 11.4 Å². The molecule has 1 aromatic carbocycles. The first-order chi connectivity index (χ1) is 11.5. The summed E-state index contributed by atoms with van der Waals surface area (Å²) in [6.45, 7) is 5.63. The molecule has 0 aliphatic heterocycles. The van der Waals surface area contributed by atoms with Crippen molar-refractivity contribution in [2.45, 2.75) is 33.6 Å². The summed E-state index contributed by atoms with van der Waals surface area (Å²) in [5.41, 5.74) is 12.4. The fraction of sp³-hybridized carbons (Fsp3) is 0.263. The molecular formula is C19H22ClN3OS. The van der Waals surface area contributed by atoms with E-state index in [2.05, 4.69) is 17.3 Å². The number of thiazole rings is 1.